The molecule has 3 N–H and O–H groups in total. The van der Waals surface area contributed by atoms with E-state index in [2.05, 4.69) is 20.6 Å². The molecule has 0 fully saturated rings. The molecule has 11 nitrogen and oxygen atoms in total. The van der Waals surface area contributed by atoms with Crippen molar-refractivity contribution >= 4 is 35.0 Å². The summed E-state index contributed by atoms with van der Waals surface area (Å²) in [6.45, 7) is 10.4. The standard InChI is InChI=1S/C27H32FN7O4.BrH/c1-6-35(7-2,14-23-25(34(38)39)30-15-33(23)5)11-10-29-27(37)24-16(3)22(31-17(24)4)13-20-19-12-18(28)8-9-21(19)32-26(20)36;/h8-9,12-13,15H,6-7,10-11,14H2,1-5H3,(H2-,29,31,32,36,37);1H. The summed E-state index contributed by atoms with van der Waals surface area (Å²) in [6.07, 6.45) is 3.08. The van der Waals surface area contributed by atoms with Crippen LogP contribution in [0.2, 0.25) is 0 Å². The fourth-order valence-electron chi connectivity index (χ4n) is 5.14. The Morgan fingerprint density at radius 3 is 2.62 bits per heavy atom. The minimum absolute atomic E-state index is 0. The number of amides is 2. The van der Waals surface area contributed by atoms with Crippen molar-refractivity contribution in [2.45, 2.75) is 34.2 Å². The van der Waals surface area contributed by atoms with Gasteiger partial charge in [0, 0.05) is 29.7 Å². The maximum absolute atomic E-state index is 13.8. The van der Waals surface area contributed by atoms with Crippen LogP contribution < -0.4 is 27.6 Å². The van der Waals surface area contributed by atoms with Gasteiger partial charge in [0.1, 0.15) is 12.4 Å². The molecular weight excluding hydrogens is 585 g/mol. The first kappa shape index (κ1) is 30.7. The molecule has 1 aromatic carbocycles. The number of quaternary nitrogens is 1. The van der Waals surface area contributed by atoms with Gasteiger partial charge in [-0.25, -0.2) is 4.39 Å². The van der Waals surface area contributed by atoms with Crippen LogP contribution in [0, 0.1) is 29.8 Å². The maximum atomic E-state index is 13.8. The highest BCUT2D eigenvalue weighted by Gasteiger charge is 2.32. The molecule has 40 heavy (non-hydrogen) atoms. The fourth-order valence-corrected chi connectivity index (χ4v) is 5.14. The van der Waals surface area contributed by atoms with Crippen molar-refractivity contribution in [3.05, 3.63) is 74.2 Å². The van der Waals surface area contributed by atoms with Crippen molar-refractivity contribution in [1.29, 1.82) is 0 Å². The van der Waals surface area contributed by atoms with E-state index in [1.54, 1.807) is 31.5 Å². The number of rotatable bonds is 10. The summed E-state index contributed by atoms with van der Waals surface area (Å²) in [4.78, 5) is 43.8. The molecule has 214 valence electrons. The molecule has 0 saturated heterocycles. The Hall–Kier alpha value is -3.84. The summed E-state index contributed by atoms with van der Waals surface area (Å²) in [7, 11) is 1.74. The van der Waals surface area contributed by atoms with Gasteiger partial charge >= 0.3 is 5.82 Å². The van der Waals surface area contributed by atoms with Crippen LogP contribution in [0.4, 0.5) is 15.9 Å². The van der Waals surface area contributed by atoms with Gasteiger partial charge in [0.05, 0.1) is 37.3 Å². The Morgan fingerprint density at radius 1 is 1.27 bits per heavy atom. The van der Waals surface area contributed by atoms with E-state index < -0.39 is 10.7 Å². The van der Waals surface area contributed by atoms with Crippen molar-refractivity contribution in [2.75, 3.05) is 31.5 Å². The van der Waals surface area contributed by atoms with E-state index in [0.29, 0.717) is 69.1 Å². The number of likely N-dealkylation sites (N-methyl/N-ethyl adjacent to an activating group) is 1. The summed E-state index contributed by atoms with van der Waals surface area (Å²) in [5.74, 6) is -1.19. The lowest BCUT2D eigenvalue weighted by atomic mass is 10.0. The van der Waals surface area contributed by atoms with E-state index >= 15 is 0 Å². The highest BCUT2D eigenvalue weighted by atomic mass is 79.9. The first-order valence-corrected chi connectivity index (χ1v) is 12.8. The normalized spacial score (nSPS) is 13.7. The number of hydrogen-bond donors (Lipinski definition) is 3. The highest BCUT2D eigenvalue weighted by molar-refractivity contribution is 6.34. The predicted molar refractivity (Wildman–Crippen MR) is 145 cm³/mol. The number of aromatic amines is 1. The molecule has 1 aliphatic heterocycles. The van der Waals surface area contributed by atoms with E-state index in [4.69, 9.17) is 0 Å². The number of aromatic nitrogens is 3. The summed E-state index contributed by atoms with van der Waals surface area (Å²) in [5.41, 5.74) is 4.26. The molecule has 0 spiro atoms. The summed E-state index contributed by atoms with van der Waals surface area (Å²) in [5, 5.41) is 17.2. The van der Waals surface area contributed by atoms with Gasteiger partial charge in [-0.1, -0.05) is 0 Å². The van der Waals surface area contributed by atoms with Crippen LogP contribution in [0.3, 0.4) is 0 Å². The van der Waals surface area contributed by atoms with Crippen LogP contribution in [0.1, 0.15) is 52.4 Å². The molecule has 0 aliphatic carbocycles. The Balaban J connectivity index is 0.00000441. The van der Waals surface area contributed by atoms with Crippen molar-refractivity contribution in [1.82, 2.24) is 19.9 Å². The number of carbonyl (C=O) groups excluding carboxylic acids is 2. The van der Waals surface area contributed by atoms with Crippen LogP contribution >= 0.6 is 0 Å². The zero-order valence-electron chi connectivity index (χ0n) is 23.1. The van der Waals surface area contributed by atoms with Crippen LogP contribution in [0.15, 0.2) is 24.5 Å². The van der Waals surface area contributed by atoms with Gasteiger partial charge in [-0.3, -0.25) is 9.59 Å². The van der Waals surface area contributed by atoms with E-state index in [0.717, 1.165) is 13.1 Å². The SMILES string of the molecule is CC[N+](CC)(CCNC(=O)c1c(C)[nH]c(/C=C2\C(=O)Nc3ccc(F)cc32)c1C)Cc1c([N+](=O)[O-])ncn1C.[Br-]. The van der Waals surface area contributed by atoms with Crippen LogP contribution in [0.25, 0.3) is 11.6 Å². The van der Waals surface area contributed by atoms with Crippen LogP contribution in [-0.4, -0.2) is 61.9 Å². The molecule has 0 saturated carbocycles. The number of imidazole rings is 1. The lowest BCUT2D eigenvalue weighted by Gasteiger charge is -2.36. The Labute approximate surface area is 242 Å². The second-order valence-electron chi connectivity index (χ2n) is 9.86. The lowest BCUT2D eigenvalue weighted by molar-refractivity contribution is -0.937. The zero-order chi connectivity index (χ0) is 28.5. The summed E-state index contributed by atoms with van der Waals surface area (Å²) >= 11 is 0. The first-order valence-electron chi connectivity index (χ1n) is 12.8. The molecule has 2 amide bonds. The number of fused-ring (bicyclic) bond motifs is 1. The number of nitrogens with one attached hydrogen (secondary N) is 3. The molecule has 4 rings (SSSR count). The van der Waals surface area contributed by atoms with Crippen molar-refractivity contribution < 1.29 is 40.4 Å². The largest absolute Gasteiger partial charge is 1.00 e. The first-order chi connectivity index (χ1) is 18.5. The van der Waals surface area contributed by atoms with E-state index in [-0.39, 0.29) is 34.6 Å². The quantitative estimate of drug-likeness (QED) is 0.133. The number of hydrogen-bond acceptors (Lipinski definition) is 5. The molecule has 0 unspecified atom stereocenters. The minimum Gasteiger partial charge on any atom is -1.00 e. The number of benzene rings is 1. The van der Waals surface area contributed by atoms with E-state index in [1.807, 2.05) is 13.8 Å². The molecule has 1 aliphatic rings. The molecule has 0 radical (unpaired) electrons. The van der Waals surface area contributed by atoms with Gasteiger partial charge in [0.15, 0.2) is 5.69 Å². The van der Waals surface area contributed by atoms with Crippen LogP contribution in [-0.2, 0) is 18.4 Å². The number of carbonyl (C=O) groups is 2. The number of halogens is 2. The molecule has 3 heterocycles. The average Bonchev–Trinajstić information content (AvgIpc) is 3.50. The van der Waals surface area contributed by atoms with E-state index in [1.165, 1.54) is 24.5 Å². The van der Waals surface area contributed by atoms with Gasteiger partial charge in [0.2, 0.25) is 6.33 Å². The third-order valence-electron chi connectivity index (χ3n) is 7.67. The van der Waals surface area contributed by atoms with Gasteiger partial charge in [-0.2, -0.15) is 0 Å². The molecule has 13 heteroatoms. The predicted octanol–water partition coefficient (Wildman–Crippen LogP) is 0.696. The topological polar surface area (TPSA) is 135 Å². The number of nitrogens with zero attached hydrogens (tertiary/aromatic N) is 4. The van der Waals surface area contributed by atoms with Crippen molar-refractivity contribution in [3.8, 4) is 0 Å². The third kappa shape index (κ3) is 5.85. The zero-order valence-corrected chi connectivity index (χ0v) is 24.7. The number of aryl methyl sites for hydroxylation is 2. The number of anilines is 1. The van der Waals surface area contributed by atoms with Gasteiger partial charge in [-0.05, 0) is 67.4 Å². The van der Waals surface area contributed by atoms with Crippen molar-refractivity contribution in [3.63, 3.8) is 0 Å². The van der Waals surface area contributed by atoms with Gasteiger partial charge in [-0.15, -0.1) is 0 Å². The fraction of sp³-hybridized carbons (Fsp3) is 0.370. The summed E-state index contributed by atoms with van der Waals surface area (Å²) < 4.78 is 16.0. The maximum Gasteiger partial charge on any atom is 0.390 e. The second-order valence-corrected chi connectivity index (χ2v) is 9.86. The molecule has 0 bridgehead atoms. The smallest absolute Gasteiger partial charge is 0.390 e. The molecule has 0 atom stereocenters. The Morgan fingerprint density at radius 2 is 1.98 bits per heavy atom. The monoisotopic (exact) mass is 617 g/mol. The highest BCUT2D eigenvalue weighted by Crippen LogP contribution is 2.34. The van der Waals surface area contributed by atoms with E-state index in [9.17, 15) is 24.1 Å². The lowest BCUT2D eigenvalue weighted by Crippen LogP contribution is -3.00. The molecule has 3 aromatic rings. The Kier molecular flexibility index (Phi) is 9.31. The second kappa shape index (κ2) is 12.1. The van der Waals surface area contributed by atoms with Crippen LogP contribution in [0.5, 0.6) is 0 Å². The minimum atomic E-state index is -0.467. The Bertz CT molecular complexity index is 1490. The number of nitro groups is 1. The average molecular weight is 619 g/mol. The third-order valence-corrected chi connectivity index (χ3v) is 7.67. The van der Waals surface area contributed by atoms with Gasteiger partial charge in [0.25, 0.3) is 11.8 Å². The van der Waals surface area contributed by atoms with Crippen molar-refractivity contribution in [2.24, 2.45) is 7.05 Å². The van der Waals surface area contributed by atoms with Gasteiger partial charge < -0.3 is 51.8 Å². The number of H-pyrrole nitrogens is 1. The molecule has 2 aromatic heterocycles. The summed E-state index contributed by atoms with van der Waals surface area (Å²) in [6, 6.07) is 4.12. The molecular formula is C27H33BrFN7O4.